The zero-order valence-corrected chi connectivity index (χ0v) is 14.9. The molecule has 0 radical (unpaired) electrons. The summed E-state index contributed by atoms with van der Waals surface area (Å²) < 4.78 is 5.83. The summed E-state index contributed by atoms with van der Waals surface area (Å²) in [6.07, 6.45) is -0.163. The molecule has 0 bridgehead atoms. The van der Waals surface area contributed by atoms with Crippen LogP contribution in [0, 0.1) is 0 Å². The summed E-state index contributed by atoms with van der Waals surface area (Å²) in [4.78, 5) is 28.5. The SMILES string of the molecule is CN1CCN(C(=O)CC(=O)Nc2ccccc2Oc2ccccc2)CC1. The topological polar surface area (TPSA) is 61.9 Å². The predicted octanol–water partition coefficient (Wildman–Crippen LogP) is 2.58. The Morgan fingerprint density at radius 1 is 0.962 bits per heavy atom. The van der Waals surface area contributed by atoms with Crippen molar-refractivity contribution in [3.05, 3.63) is 54.6 Å². The van der Waals surface area contributed by atoms with Crippen molar-refractivity contribution in [1.82, 2.24) is 9.80 Å². The van der Waals surface area contributed by atoms with E-state index in [4.69, 9.17) is 4.74 Å². The highest BCUT2D eigenvalue weighted by molar-refractivity contribution is 6.04. The Hall–Kier alpha value is -2.86. The lowest BCUT2D eigenvalue weighted by Crippen LogP contribution is -2.47. The molecule has 2 aromatic carbocycles. The third-order valence-corrected chi connectivity index (χ3v) is 4.30. The molecule has 26 heavy (non-hydrogen) atoms. The van der Waals surface area contributed by atoms with Gasteiger partial charge in [0.2, 0.25) is 11.8 Å². The van der Waals surface area contributed by atoms with Crippen LogP contribution in [-0.4, -0.2) is 54.8 Å². The molecule has 6 nitrogen and oxygen atoms in total. The number of rotatable bonds is 5. The number of hydrogen-bond acceptors (Lipinski definition) is 4. The maximum atomic E-state index is 12.3. The summed E-state index contributed by atoms with van der Waals surface area (Å²) in [7, 11) is 2.03. The second kappa shape index (κ2) is 8.49. The van der Waals surface area contributed by atoms with Crippen molar-refractivity contribution in [3.8, 4) is 11.5 Å². The predicted molar refractivity (Wildman–Crippen MR) is 100 cm³/mol. The van der Waals surface area contributed by atoms with Gasteiger partial charge in [-0.25, -0.2) is 0 Å². The largest absolute Gasteiger partial charge is 0.455 e. The highest BCUT2D eigenvalue weighted by Crippen LogP contribution is 2.29. The van der Waals surface area contributed by atoms with Crippen LogP contribution < -0.4 is 10.1 Å². The van der Waals surface area contributed by atoms with Gasteiger partial charge in [0.1, 0.15) is 12.2 Å². The zero-order chi connectivity index (χ0) is 18.4. The van der Waals surface area contributed by atoms with Crippen molar-refractivity contribution >= 4 is 17.5 Å². The summed E-state index contributed by atoms with van der Waals surface area (Å²) >= 11 is 0. The lowest BCUT2D eigenvalue weighted by Gasteiger charge is -2.32. The van der Waals surface area contributed by atoms with Crippen LogP contribution >= 0.6 is 0 Å². The van der Waals surface area contributed by atoms with Crippen LogP contribution in [0.2, 0.25) is 0 Å². The van der Waals surface area contributed by atoms with E-state index in [1.807, 2.05) is 49.5 Å². The number of piperazine rings is 1. The minimum Gasteiger partial charge on any atom is -0.455 e. The molecular weight excluding hydrogens is 330 g/mol. The monoisotopic (exact) mass is 353 g/mol. The number of anilines is 1. The average Bonchev–Trinajstić information content (AvgIpc) is 2.64. The summed E-state index contributed by atoms with van der Waals surface area (Å²) in [5.41, 5.74) is 0.549. The summed E-state index contributed by atoms with van der Waals surface area (Å²) in [5, 5.41) is 2.79. The van der Waals surface area contributed by atoms with E-state index in [-0.39, 0.29) is 18.2 Å². The van der Waals surface area contributed by atoms with Crippen LogP contribution in [0.25, 0.3) is 0 Å². The van der Waals surface area contributed by atoms with Gasteiger partial charge in [-0.2, -0.15) is 0 Å². The molecule has 1 heterocycles. The van der Waals surface area contributed by atoms with Gasteiger partial charge in [-0.15, -0.1) is 0 Å². The number of benzene rings is 2. The third kappa shape index (κ3) is 4.83. The number of para-hydroxylation sites is 3. The van der Waals surface area contributed by atoms with Crippen molar-refractivity contribution < 1.29 is 14.3 Å². The number of likely N-dealkylation sites (N-methyl/N-ethyl adjacent to an activating group) is 1. The van der Waals surface area contributed by atoms with E-state index in [1.165, 1.54) is 0 Å². The van der Waals surface area contributed by atoms with Gasteiger partial charge in [0.25, 0.3) is 0 Å². The van der Waals surface area contributed by atoms with Crippen molar-refractivity contribution in [1.29, 1.82) is 0 Å². The van der Waals surface area contributed by atoms with Gasteiger partial charge >= 0.3 is 0 Å². The van der Waals surface area contributed by atoms with E-state index < -0.39 is 0 Å². The second-order valence-electron chi connectivity index (χ2n) is 6.32. The molecule has 2 amide bonds. The van der Waals surface area contributed by atoms with E-state index >= 15 is 0 Å². The van der Waals surface area contributed by atoms with Crippen LogP contribution in [0.4, 0.5) is 5.69 Å². The number of nitrogens with zero attached hydrogens (tertiary/aromatic N) is 2. The Labute approximate surface area is 153 Å². The number of carbonyl (C=O) groups is 2. The highest BCUT2D eigenvalue weighted by Gasteiger charge is 2.21. The van der Waals surface area contributed by atoms with Gasteiger partial charge in [-0.1, -0.05) is 30.3 Å². The molecule has 0 spiro atoms. The molecule has 1 saturated heterocycles. The number of carbonyl (C=O) groups excluding carboxylic acids is 2. The van der Waals surface area contributed by atoms with Crippen LogP contribution in [0.15, 0.2) is 54.6 Å². The first-order valence-corrected chi connectivity index (χ1v) is 8.70. The molecule has 6 heteroatoms. The molecule has 1 aliphatic heterocycles. The Morgan fingerprint density at radius 3 is 2.35 bits per heavy atom. The number of ether oxygens (including phenoxy) is 1. The van der Waals surface area contributed by atoms with Crippen LogP contribution in [-0.2, 0) is 9.59 Å². The zero-order valence-electron chi connectivity index (χ0n) is 14.9. The van der Waals surface area contributed by atoms with Crippen LogP contribution in [0.1, 0.15) is 6.42 Å². The first kappa shape index (κ1) is 17.9. The number of amides is 2. The van der Waals surface area contributed by atoms with Gasteiger partial charge < -0.3 is 19.9 Å². The molecule has 0 aliphatic carbocycles. The average molecular weight is 353 g/mol. The molecule has 1 fully saturated rings. The molecular formula is C20H23N3O3. The van der Waals surface area contributed by atoms with Gasteiger partial charge in [-0.3, -0.25) is 9.59 Å². The van der Waals surface area contributed by atoms with Crippen LogP contribution in [0.3, 0.4) is 0 Å². The standard InChI is InChI=1S/C20H23N3O3/c1-22-11-13-23(14-12-22)20(25)15-19(24)21-17-9-5-6-10-18(17)26-16-7-3-2-4-8-16/h2-10H,11-15H2,1H3,(H,21,24). The molecule has 1 N–H and O–H groups in total. The van der Waals surface area contributed by atoms with E-state index in [2.05, 4.69) is 10.2 Å². The fourth-order valence-corrected chi connectivity index (χ4v) is 2.77. The van der Waals surface area contributed by atoms with E-state index in [0.29, 0.717) is 30.3 Å². The Kier molecular flexibility index (Phi) is 5.86. The summed E-state index contributed by atoms with van der Waals surface area (Å²) in [6, 6.07) is 16.5. The third-order valence-electron chi connectivity index (χ3n) is 4.30. The molecule has 2 aromatic rings. The van der Waals surface area contributed by atoms with Crippen molar-refractivity contribution in [3.63, 3.8) is 0 Å². The van der Waals surface area contributed by atoms with Crippen molar-refractivity contribution in [2.75, 3.05) is 38.5 Å². The van der Waals surface area contributed by atoms with Crippen molar-refractivity contribution in [2.24, 2.45) is 0 Å². The maximum absolute atomic E-state index is 12.3. The van der Waals surface area contributed by atoms with Gasteiger partial charge in [0.15, 0.2) is 5.75 Å². The van der Waals surface area contributed by atoms with E-state index in [9.17, 15) is 9.59 Å². The Balaban J connectivity index is 1.60. The van der Waals surface area contributed by atoms with Crippen LogP contribution in [0.5, 0.6) is 11.5 Å². The molecule has 0 aromatic heterocycles. The molecule has 136 valence electrons. The molecule has 0 unspecified atom stereocenters. The smallest absolute Gasteiger partial charge is 0.233 e. The van der Waals surface area contributed by atoms with E-state index in [0.717, 1.165) is 13.1 Å². The number of nitrogens with one attached hydrogen (secondary N) is 1. The van der Waals surface area contributed by atoms with Gasteiger partial charge in [0, 0.05) is 26.2 Å². The summed E-state index contributed by atoms with van der Waals surface area (Å²) in [5.74, 6) is 0.747. The first-order chi connectivity index (χ1) is 12.6. The fourth-order valence-electron chi connectivity index (χ4n) is 2.77. The molecule has 0 saturated carbocycles. The first-order valence-electron chi connectivity index (χ1n) is 8.70. The lowest BCUT2D eigenvalue weighted by atomic mass is 10.2. The summed E-state index contributed by atoms with van der Waals surface area (Å²) in [6.45, 7) is 2.99. The van der Waals surface area contributed by atoms with E-state index in [1.54, 1.807) is 17.0 Å². The molecule has 1 aliphatic rings. The van der Waals surface area contributed by atoms with Crippen molar-refractivity contribution in [2.45, 2.75) is 6.42 Å². The van der Waals surface area contributed by atoms with Gasteiger partial charge in [0.05, 0.1) is 5.69 Å². The Morgan fingerprint density at radius 2 is 1.62 bits per heavy atom. The maximum Gasteiger partial charge on any atom is 0.233 e. The normalized spacial score (nSPS) is 14.7. The lowest BCUT2D eigenvalue weighted by molar-refractivity contribution is -0.135. The second-order valence-corrected chi connectivity index (χ2v) is 6.32. The fraction of sp³-hybridized carbons (Fsp3) is 0.300. The number of hydrogen-bond donors (Lipinski definition) is 1. The van der Waals surface area contributed by atoms with Gasteiger partial charge in [-0.05, 0) is 31.3 Å². The minimum atomic E-state index is -0.335. The quantitative estimate of drug-likeness (QED) is 0.840. The minimum absolute atomic E-state index is 0.142. The molecule has 3 rings (SSSR count). The molecule has 0 atom stereocenters. The Bertz CT molecular complexity index is 756. The highest BCUT2D eigenvalue weighted by atomic mass is 16.5.